The Morgan fingerprint density at radius 1 is 1.14 bits per heavy atom. The Kier molecular flexibility index (Phi) is 5.87. The number of aromatic nitrogens is 3. The number of rotatable bonds is 6. The third kappa shape index (κ3) is 4.08. The van der Waals surface area contributed by atoms with Gasteiger partial charge in [-0.1, -0.05) is 30.3 Å². The average molecular weight is 394 g/mol. The molecule has 29 heavy (non-hydrogen) atoms. The standard InChI is InChI=1S/C22H26N4O3/c1-13-19(22(28)29-5)15(3)24-20(13)21(27)23-11-18-14(2)25-26(16(18)4)12-17-9-7-6-8-10-17/h6-10,24H,11-12H2,1-5H3,(H,23,27). The minimum Gasteiger partial charge on any atom is -0.465 e. The zero-order valence-corrected chi connectivity index (χ0v) is 17.4. The van der Waals surface area contributed by atoms with Gasteiger partial charge >= 0.3 is 5.97 Å². The van der Waals surface area contributed by atoms with Crippen molar-refractivity contribution in [3.63, 3.8) is 0 Å². The Morgan fingerprint density at radius 3 is 2.48 bits per heavy atom. The highest BCUT2D eigenvalue weighted by Crippen LogP contribution is 2.20. The molecule has 7 nitrogen and oxygen atoms in total. The zero-order valence-electron chi connectivity index (χ0n) is 17.4. The number of carbonyl (C=O) groups excluding carboxylic acids is 2. The van der Waals surface area contributed by atoms with Crippen LogP contribution in [0.15, 0.2) is 30.3 Å². The lowest BCUT2D eigenvalue weighted by Crippen LogP contribution is -2.24. The van der Waals surface area contributed by atoms with Crippen molar-refractivity contribution in [1.29, 1.82) is 0 Å². The number of hydrogen-bond acceptors (Lipinski definition) is 4. The van der Waals surface area contributed by atoms with E-state index in [1.165, 1.54) is 12.7 Å². The van der Waals surface area contributed by atoms with Crippen molar-refractivity contribution in [3.05, 3.63) is 75.4 Å². The van der Waals surface area contributed by atoms with Gasteiger partial charge in [0.1, 0.15) is 5.69 Å². The van der Waals surface area contributed by atoms with E-state index >= 15 is 0 Å². The fourth-order valence-electron chi connectivity index (χ4n) is 3.54. The second-order valence-corrected chi connectivity index (χ2v) is 7.09. The van der Waals surface area contributed by atoms with Gasteiger partial charge in [0.2, 0.25) is 0 Å². The average Bonchev–Trinajstić information content (AvgIpc) is 3.15. The highest BCUT2D eigenvalue weighted by molar-refractivity contribution is 6.00. The number of benzene rings is 1. The SMILES string of the molecule is COC(=O)c1c(C)[nH]c(C(=O)NCc2c(C)nn(Cc3ccccc3)c2C)c1C. The van der Waals surface area contributed by atoms with Gasteiger partial charge in [0.25, 0.3) is 5.91 Å². The molecule has 0 aliphatic rings. The van der Waals surface area contributed by atoms with Crippen LogP contribution in [0, 0.1) is 27.7 Å². The normalized spacial score (nSPS) is 10.8. The highest BCUT2D eigenvalue weighted by Gasteiger charge is 2.23. The molecule has 2 heterocycles. The van der Waals surface area contributed by atoms with E-state index in [1.807, 2.05) is 36.7 Å². The summed E-state index contributed by atoms with van der Waals surface area (Å²) in [6.07, 6.45) is 0. The number of aryl methyl sites for hydroxylation is 2. The van der Waals surface area contributed by atoms with Crippen molar-refractivity contribution in [1.82, 2.24) is 20.1 Å². The van der Waals surface area contributed by atoms with Crippen molar-refractivity contribution in [3.8, 4) is 0 Å². The van der Waals surface area contributed by atoms with Gasteiger partial charge in [-0.15, -0.1) is 0 Å². The molecule has 3 aromatic rings. The van der Waals surface area contributed by atoms with E-state index in [0.29, 0.717) is 35.6 Å². The Bertz CT molecular complexity index is 1050. The summed E-state index contributed by atoms with van der Waals surface area (Å²) < 4.78 is 6.75. The van der Waals surface area contributed by atoms with Crippen LogP contribution in [0.1, 0.15) is 54.6 Å². The minimum absolute atomic E-state index is 0.268. The van der Waals surface area contributed by atoms with Crippen LogP contribution < -0.4 is 5.32 Å². The maximum absolute atomic E-state index is 12.7. The largest absolute Gasteiger partial charge is 0.465 e. The molecule has 0 fully saturated rings. The molecule has 0 aliphatic heterocycles. The van der Waals surface area contributed by atoms with Crippen molar-refractivity contribution < 1.29 is 14.3 Å². The van der Waals surface area contributed by atoms with Crippen LogP contribution in [-0.2, 0) is 17.8 Å². The number of methoxy groups -OCH3 is 1. The van der Waals surface area contributed by atoms with Crippen molar-refractivity contribution >= 4 is 11.9 Å². The summed E-state index contributed by atoms with van der Waals surface area (Å²) in [5.41, 5.74) is 6.03. The number of carbonyl (C=O) groups is 2. The lowest BCUT2D eigenvalue weighted by Gasteiger charge is -2.07. The topological polar surface area (TPSA) is 89.0 Å². The predicted molar refractivity (Wildman–Crippen MR) is 110 cm³/mol. The summed E-state index contributed by atoms with van der Waals surface area (Å²) in [5.74, 6) is -0.723. The van der Waals surface area contributed by atoms with Gasteiger partial charge in [-0.25, -0.2) is 4.79 Å². The zero-order chi connectivity index (χ0) is 21.1. The molecule has 0 saturated heterocycles. The van der Waals surface area contributed by atoms with E-state index in [9.17, 15) is 9.59 Å². The third-order valence-corrected chi connectivity index (χ3v) is 5.19. The van der Waals surface area contributed by atoms with Crippen LogP contribution in [0.4, 0.5) is 0 Å². The van der Waals surface area contributed by atoms with Crippen LogP contribution in [-0.4, -0.2) is 33.8 Å². The van der Waals surface area contributed by atoms with Gasteiger partial charge in [0, 0.05) is 23.5 Å². The Morgan fingerprint density at radius 2 is 1.83 bits per heavy atom. The summed E-state index contributed by atoms with van der Waals surface area (Å²) in [6, 6.07) is 10.1. The minimum atomic E-state index is -0.454. The molecule has 7 heteroatoms. The van der Waals surface area contributed by atoms with Gasteiger partial charge in [-0.3, -0.25) is 9.48 Å². The maximum atomic E-state index is 12.7. The number of amides is 1. The van der Waals surface area contributed by atoms with Gasteiger partial charge in [-0.05, 0) is 38.8 Å². The van der Waals surface area contributed by atoms with Crippen molar-refractivity contribution in [2.24, 2.45) is 0 Å². The van der Waals surface area contributed by atoms with Crippen LogP contribution in [0.25, 0.3) is 0 Å². The van der Waals surface area contributed by atoms with E-state index in [4.69, 9.17) is 4.74 Å². The van der Waals surface area contributed by atoms with Crippen molar-refractivity contribution in [2.75, 3.05) is 7.11 Å². The second kappa shape index (κ2) is 8.34. The van der Waals surface area contributed by atoms with Gasteiger partial charge in [-0.2, -0.15) is 5.10 Å². The van der Waals surface area contributed by atoms with E-state index in [2.05, 4.69) is 27.5 Å². The quantitative estimate of drug-likeness (QED) is 0.628. The first kappa shape index (κ1) is 20.4. The Labute approximate surface area is 170 Å². The molecule has 0 saturated carbocycles. The molecule has 0 atom stereocenters. The lowest BCUT2D eigenvalue weighted by atomic mass is 10.1. The molecule has 2 N–H and O–H groups in total. The third-order valence-electron chi connectivity index (χ3n) is 5.19. The number of nitrogens with one attached hydrogen (secondary N) is 2. The highest BCUT2D eigenvalue weighted by atomic mass is 16.5. The maximum Gasteiger partial charge on any atom is 0.339 e. The first-order chi connectivity index (χ1) is 13.8. The Hall–Kier alpha value is -3.35. The molecule has 0 aliphatic carbocycles. The first-order valence-electron chi connectivity index (χ1n) is 9.46. The van der Waals surface area contributed by atoms with Crippen molar-refractivity contribution in [2.45, 2.75) is 40.8 Å². The van der Waals surface area contributed by atoms with Gasteiger partial charge in [0.15, 0.2) is 0 Å². The number of nitrogens with zero attached hydrogens (tertiary/aromatic N) is 2. The summed E-state index contributed by atoms with van der Waals surface area (Å²) >= 11 is 0. The van der Waals surface area contributed by atoms with Crippen LogP contribution >= 0.6 is 0 Å². The number of esters is 1. The Balaban J connectivity index is 1.75. The molecular weight excluding hydrogens is 368 g/mol. The monoisotopic (exact) mass is 394 g/mol. The molecule has 2 aromatic heterocycles. The molecule has 3 rings (SSSR count). The van der Waals surface area contributed by atoms with E-state index < -0.39 is 5.97 Å². The van der Waals surface area contributed by atoms with E-state index in [-0.39, 0.29) is 5.91 Å². The fourth-order valence-corrected chi connectivity index (χ4v) is 3.54. The number of H-pyrrole nitrogens is 1. The molecule has 0 radical (unpaired) electrons. The number of aromatic amines is 1. The van der Waals surface area contributed by atoms with Gasteiger partial charge in [0.05, 0.1) is 24.9 Å². The van der Waals surface area contributed by atoms with Crippen LogP contribution in [0.2, 0.25) is 0 Å². The van der Waals surface area contributed by atoms with E-state index in [1.54, 1.807) is 13.8 Å². The molecule has 1 amide bonds. The number of hydrogen-bond donors (Lipinski definition) is 2. The van der Waals surface area contributed by atoms with Crippen LogP contribution in [0.3, 0.4) is 0 Å². The smallest absolute Gasteiger partial charge is 0.339 e. The molecule has 152 valence electrons. The molecular formula is C22H26N4O3. The molecule has 0 spiro atoms. The summed E-state index contributed by atoms with van der Waals surface area (Å²) in [6.45, 7) is 8.46. The summed E-state index contributed by atoms with van der Waals surface area (Å²) in [7, 11) is 1.33. The number of ether oxygens (including phenoxy) is 1. The first-order valence-corrected chi connectivity index (χ1v) is 9.46. The van der Waals surface area contributed by atoms with Crippen LogP contribution in [0.5, 0.6) is 0 Å². The lowest BCUT2D eigenvalue weighted by molar-refractivity contribution is 0.0599. The fraction of sp³-hybridized carbons (Fsp3) is 0.318. The summed E-state index contributed by atoms with van der Waals surface area (Å²) in [4.78, 5) is 27.6. The second-order valence-electron chi connectivity index (χ2n) is 7.09. The molecule has 1 aromatic carbocycles. The molecule has 0 bridgehead atoms. The van der Waals surface area contributed by atoms with E-state index in [0.717, 1.165) is 17.0 Å². The van der Waals surface area contributed by atoms with Gasteiger partial charge < -0.3 is 15.0 Å². The molecule has 0 unspecified atom stereocenters. The summed E-state index contributed by atoms with van der Waals surface area (Å²) in [5, 5.41) is 7.56. The predicted octanol–water partition coefficient (Wildman–Crippen LogP) is 3.21.